The second-order valence-electron chi connectivity index (χ2n) is 6.67. The Morgan fingerprint density at radius 1 is 1.00 bits per heavy atom. The number of aromatic hydroxyl groups is 3. The maximum absolute atomic E-state index is 12.0. The number of carboxylic acid groups (broad SMARTS) is 1. The minimum absolute atomic E-state index is 0.0799. The van der Waals surface area contributed by atoms with E-state index in [2.05, 4.69) is 6.92 Å². The number of phenolic OH excluding ortho intramolecular Hbond substituents is 3. The SMILES string of the molecule is CCCCCCCC(c1cccc(O)c1)N(Sc1ccc(O)cc1O)C(=O)O. The van der Waals surface area contributed by atoms with Crippen LogP contribution in [0.25, 0.3) is 0 Å². The minimum atomic E-state index is -1.14. The number of benzene rings is 2. The molecule has 0 saturated carbocycles. The monoisotopic (exact) mass is 405 g/mol. The van der Waals surface area contributed by atoms with Gasteiger partial charge >= 0.3 is 6.09 Å². The van der Waals surface area contributed by atoms with Gasteiger partial charge in [0.25, 0.3) is 0 Å². The van der Waals surface area contributed by atoms with Crippen molar-refractivity contribution >= 4 is 18.0 Å². The molecular weight excluding hydrogens is 378 g/mol. The highest BCUT2D eigenvalue weighted by Crippen LogP contribution is 2.40. The molecule has 0 fully saturated rings. The van der Waals surface area contributed by atoms with Gasteiger partial charge in [-0.3, -0.25) is 0 Å². The number of amides is 1. The Hall–Kier alpha value is -2.54. The van der Waals surface area contributed by atoms with E-state index in [1.54, 1.807) is 24.3 Å². The van der Waals surface area contributed by atoms with Crippen molar-refractivity contribution in [3.63, 3.8) is 0 Å². The van der Waals surface area contributed by atoms with Crippen molar-refractivity contribution in [3.05, 3.63) is 48.0 Å². The number of nitrogens with zero attached hydrogens (tertiary/aromatic N) is 1. The van der Waals surface area contributed by atoms with E-state index in [-0.39, 0.29) is 17.2 Å². The molecule has 4 N–H and O–H groups in total. The van der Waals surface area contributed by atoms with E-state index in [9.17, 15) is 25.2 Å². The zero-order chi connectivity index (χ0) is 20.5. The van der Waals surface area contributed by atoms with Crippen molar-refractivity contribution in [2.75, 3.05) is 0 Å². The summed E-state index contributed by atoms with van der Waals surface area (Å²) in [5.41, 5.74) is 0.698. The molecule has 2 aromatic carbocycles. The lowest BCUT2D eigenvalue weighted by Gasteiger charge is -2.29. The maximum atomic E-state index is 12.0. The Morgan fingerprint density at radius 3 is 2.36 bits per heavy atom. The van der Waals surface area contributed by atoms with Crippen molar-refractivity contribution < 1.29 is 25.2 Å². The van der Waals surface area contributed by atoms with Crippen molar-refractivity contribution in [1.29, 1.82) is 0 Å². The summed E-state index contributed by atoms with van der Waals surface area (Å²) in [7, 11) is 0. The molecule has 1 atom stereocenters. The lowest BCUT2D eigenvalue weighted by molar-refractivity contribution is 0.162. The summed E-state index contributed by atoms with van der Waals surface area (Å²) < 4.78 is 1.20. The third-order valence-corrected chi connectivity index (χ3v) is 5.60. The summed E-state index contributed by atoms with van der Waals surface area (Å²) in [6.45, 7) is 2.14. The fourth-order valence-corrected chi connectivity index (χ4v) is 3.94. The smallest absolute Gasteiger partial charge is 0.418 e. The first kappa shape index (κ1) is 21.8. The fourth-order valence-electron chi connectivity index (χ4n) is 3.02. The van der Waals surface area contributed by atoms with Crippen LogP contribution in [0, 0.1) is 0 Å². The van der Waals surface area contributed by atoms with Crippen LogP contribution in [0.5, 0.6) is 17.2 Å². The Bertz CT molecular complexity index is 783. The van der Waals surface area contributed by atoms with Crippen LogP contribution in [0.4, 0.5) is 4.79 Å². The predicted octanol–water partition coefficient (Wildman–Crippen LogP) is 5.89. The van der Waals surface area contributed by atoms with Crippen LogP contribution in [0.15, 0.2) is 47.4 Å². The summed E-state index contributed by atoms with van der Waals surface area (Å²) in [5, 5.41) is 39.2. The van der Waals surface area contributed by atoms with Crippen molar-refractivity contribution in [2.45, 2.75) is 56.4 Å². The molecule has 2 aromatic rings. The highest BCUT2D eigenvalue weighted by atomic mass is 32.2. The van der Waals surface area contributed by atoms with Gasteiger partial charge in [0.05, 0.1) is 10.9 Å². The molecule has 0 aliphatic rings. The van der Waals surface area contributed by atoms with Gasteiger partial charge in [0.15, 0.2) is 0 Å². The van der Waals surface area contributed by atoms with Crippen LogP contribution in [0.2, 0.25) is 0 Å². The van der Waals surface area contributed by atoms with Gasteiger partial charge in [-0.1, -0.05) is 51.2 Å². The van der Waals surface area contributed by atoms with Gasteiger partial charge in [-0.2, -0.15) is 0 Å². The second-order valence-corrected chi connectivity index (χ2v) is 7.68. The Morgan fingerprint density at radius 2 is 1.71 bits per heavy atom. The number of unbranched alkanes of at least 4 members (excludes halogenated alkanes) is 4. The van der Waals surface area contributed by atoms with E-state index in [1.807, 2.05) is 0 Å². The largest absolute Gasteiger partial charge is 0.508 e. The molecule has 0 aliphatic heterocycles. The number of hydrogen-bond acceptors (Lipinski definition) is 5. The molecule has 6 nitrogen and oxygen atoms in total. The molecule has 28 heavy (non-hydrogen) atoms. The number of phenols is 3. The van der Waals surface area contributed by atoms with Crippen LogP contribution in [0.3, 0.4) is 0 Å². The molecular formula is C21H27NO5S. The highest BCUT2D eigenvalue weighted by Gasteiger charge is 2.27. The topological polar surface area (TPSA) is 101 Å². The normalized spacial score (nSPS) is 11.9. The zero-order valence-electron chi connectivity index (χ0n) is 15.9. The van der Waals surface area contributed by atoms with Crippen molar-refractivity contribution in [3.8, 4) is 17.2 Å². The highest BCUT2D eigenvalue weighted by molar-refractivity contribution is 7.97. The molecule has 0 bridgehead atoms. The first-order chi connectivity index (χ1) is 13.4. The molecule has 152 valence electrons. The van der Waals surface area contributed by atoms with Crippen LogP contribution in [0.1, 0.15) is 57.1 Å². The van der Waals surface area contributed by atoms with Gasteiger partial charge in [-0.15, -0.1) is 0 Å². The maximum Gasteiger partial charge on any atom is 0.418 e. The number of carbonyl (C=O) groups is 1. The molecule has 1 amide bonds. The van der Waals surface area contributed by atoms with Gasteiger partial charge in [0.1, 0.15) is 17.2 Å². The first-order valence-electron chi connectivity index (χ1n) is 9.43. The van der Waals surface area contributed by atoms with Crippen LogP contribution >= 0.6 is 11.9 Å². The van der Waals surface area contributed by atoms with E-state index < -0.39 is 12.1 Å². The predicted molar refractivity (Wildman–Crippen MR) is 110 cm³/mol. The summed E-state index contributed by atoms with van der Waals surface area (Å²) in [5.74, 6) is -0.200. The molecule has 7 heteroatoms. The molecule has 0 aromatic heterocycles. The third-order valence-electron chi connectivity index (χ3n) is 4.45. The summed E-state index contributed by atoms with van der Waals surface area (Å²) in [6, 6.07) is 10.2. The third kappa shape index (κ3) is 6.27. The molecule has 2 rings (SSSR count). The van der Waals surface area contributed by atoms with Gasteiger partial charge in [0.2, 0.25) is 0 Å². The first-order valence-corrected chi connectivity index (χ1v) is 10.2. The summed E-state index contributed by atoms with van der Waals surface area (Å²) in [6.07, 6.45) is 4.70. The second kappa shape index (κ2) is 10.7. The Balaban J connectivity index is 2.26. The minimum Gasteiger partial charge on any atom is -0.508 e. The van der Waals surface area contributed by atoms with Crippen molar-refractivity contribution in [2.24, 2.45) is 0 Å². The van der Waals surface area contributed by atoms with Crippen LogP contribution < -0.4 is 0 Å². The standard InChI is InChI=1S/C21H27NO5S/c1-2-3-4-5-6-10-18(15-8-7-9-16(23)13-15)22(21(26)27)28-20-12-11-17(24)14-19(20)25/h7-9,11-14,18,23-25H,2-6,10H2,1H3,(H,26,27). The number of hydrogen-bond donors (Lipinski definition) is 4. The Kier molecular flexibility index (Phi) is 8.32. The lowest BCUT2D eigenvalue weighted by atomic mass is 9.99. The molecule has 0 aliphatic carbocycles. The fraction of sp³-hybridized carbons (Fsp3) is 0.381. The zero-order valence-corrected chi connectivity index (χ0v) is 16.7. The van der Waals surface area contributed by atoms with Crippen LogP contribution in [-0.2, 0) is 0 Å². The van der Waals surface area contributed by atoms with Gasteiger partial charge in [-0.25, -0.2) is 9.10 Å². The van der Waals surface area contributed by atoms with Crippen molar-refractivity contribution in [1.82, 2.24) is 4.31 Å². The van der Waals surface area contributed by atoms with E-state index >= 15 is 0 Å². The summed E-state index contributed by atoms with van der Waals surface area (Å²) >= 11 is 0.900. The van der Waals surface area contributed by atoms with E-state index in [0.29, 0.717) is 16.9 Å². The summed E-state index contributed by atoms with van der Waals surface area (Å²) in [4.78, 5) is 12.4. The molecule has 0 heterocycles. The van der Waals surface area contributed by atoms with E-state index in [0.717, 1.165) is 44.1 Å². The van der Waals surface area contributed by atoms with E-state index in [1.165, 1.54) is 22.5 Å². The van der Waals surface area contributed by atoms with Gasteiger partial charge < -0.3 is 20.4 Å². The molecule has 0 radical (unpaired) electrons. The Labute approximate surface area is 169 Å². The average molecular weight is 406 g/mol. The number of rotatable bonds is 10. The average Bonchev–Trinajstić information content (AvgIpc) is 2.64. The van der Waals surface area contributed by atoms with E-state index in [4.69, 9.17) is 0 Å². The lowest BCUT2D eigenvalue weighted by Crippen LogP contribution is -2.27. The quantitative estimate of drug-likeness (QED) is 0.290. The molecule has 0 spiro atoms. The van der Waals surface area contributed by atoms with Gasteiger partial charge in [-0.05, 0) is 48.2 Å². The van der Waals surface area contributed by atoms with Gasteiger partial charge in [0, 0.05) is 6.07 Å². The molecule has 0 saturated heterocycles. The molecule has 1 unspecified atom stereocenters. The van der Waals surface area contributed by atoms with Crippen LogP contribution in [-0.4, -0.2) is 30.8 Å².